The summed E-state index contributed by atoms with van der Waals surface area (Å²) in [4.78, 5) is 14.6. The molecule has 1 amide bonds. The average molecular weight is 272 g/mol. The SMILES string of the molecule is O=C(NC1CCN(c2ccccc2)C1)C1CCCCC1. The number of para-hydroxylation sites is 1. The number of hydrogen-bond donors (Lipinski definition) is 1. The van der Waals surface area contributed by atoms with Gasteiger partial charge in [-0.3, -0.25) is 4.79 Å². The molecule has 3 heteroatoms. The van der Waals surface area contributed by atoms with Gasteiger partial charge in [-0.1, -0.05) is 37.5 Å². The van der Waals surface area contributed by atoms with E-state index in [-0.39, 0.29) is 5.92 Å². The van der Waals surface area contributed by atoms with Crippen LogP contribution in [0.4, 0.5) is 5.69 Å². The topological polar surface area (TPSA) is 32.3 Å². The van der Waals surface area contributed by atoms with E-state index in [1.54, 1.807) is 0 Å². The zero-order chi connectivity index (χ0) is 13.8. The van der Waals surface area contributed by atoms with Gasteiger partial charge < -0.3 is 10.2 Å². The van der Waals surface area contributed by atoms with E-state index in [0.717, 1.165) is 32.4 Å². The monoisotopic (exact) mass is 272 g/mol. The molecule has 1 saturated heterocycles. The average Bonchev–Trinajstić information content (AvgIpc) is 2.97. The largest absolute Gasteiger partial charge is 0.369 e. The molecular formula is C17H24N2O. The predicted octanol–water partition coefficient (Wildman–Crippen LogP) is 2.96. The van der Waals surface area contributed by atoms with Gasteiger partial charge in [0, 0.05) is 30.7 Å². The molecule has 2 aliphatic rings. The Kier molecular flexibility index (Phi) is 4.24. The van der Waals surface area contributed by atoms with E-state index in [1.165, 1.54) is 24.9 Å². The molecule has 0 bridgehead atoms. The van der Waals surface area contributed by atoms with Gasteiger partial charge in [0.25, 0.3) is 0 Å². The molecular weight excluding hydrogens is 248 g/mol. The van der Waals surface area contributed by atoms with Crippen LogP contribution in [0.2, 0.25) is 0 Å². The molecule has 1 saturated carbocycles. The summed E-state index contributed by atoms with van der Waals surface area (Å²) in [6.07, 6.45) is 6.97. The van der Waals surface area contributed by atoms with Gasteiger partial charge in [-0.2, -0.15) is 0 Å². The maximum Gasteiger partial charge on any atom is 0.223 e. The summed E-state index contributed by atoms with van der Waals surface area (Å²) in [6.45, 7) is 1.99. The molecule has 1 unspecified atom stereocenters. The second-order valence-electron chi connectivity index (χ2n) is 6.11. The normalized spacial score (nSPS) is 23.8. The van der Waals surface area contributed by atoms with Crippen LogP contribution in [0, 0.1) is 5.92 Å². The Labute approximate surface area is 121 Å². The van der Waals surface area contributed by atoms with Gasteiger partial charge in [0.05, 0.1) is 0 Å². The third-order valence-corrected chi connectivity index (χ3v) is 4.63. The van der Waals surface area contributed by atoms with E-state index >= 15 is 0 Å². The Morgan fingerprint density at radius 3 is 2.55 bits per heavy atom. The number of amides is 1. The van der Waals surface area contributed by atoms with Crippen LogP contribution in [0.25, 0.3) is 0 Å². The fourth-order valence-electron chi connectivity index (χ4n) is 3.44. The number of nitrogens with one attached hydrogen (secondary N) is 1. The number of benzene rings is 1. The summed E-state index contributed by atoms with van der Waals surface area (Å²) in [5.41, 5.74) is 1.27. The first-order valence-corrected chi connectivity index (χ1v) is 7.93. The van der Waals surface area contributed by atoms with Crippen molar-refractivity contribution in [2.75, 3.05) is 18.0 Å². The second-order valence-corrected chi connectivity index (χ2v) is 6.11. The fourth-order valence-corrected chi connectivity index (χ4v) is 3.44. The van der Waals surface area contributed by atoms with Crippen LogP contribution in [-0.4, -0.2) is 25.0 Å². The first kappa shape index (κ1) is 13.5. The van der Waals surface area contributed by atoms with Crippen molar-refractivity contribution in [3.63, 3.8) is 0 Å². The van der Waals surface area contributed by atoms with Gasteiger partial charge in [0.2, 0.25) is 5.91 Å². The van der Waals surface area contributed by atoms with E-state index in [4.69, 9.17) is 0 Å². The van der Waals surface area contributed by atoms with Crippen LogP contribution in [0.5, 0.6) is 0 Å². The maximum atomic E-state index is 12.3. The van der Waals surface area contributed by atoms with Crippen molar-refractivity contribution in [1.29, 1.82) is 0 Å². The summed E-state index contributed by atoms with van der Waals surface area (Å²) in [5.74, 6) is 0.569. The van der Waals surface area contributed by atoms with Gasteiger partial charge in [-0.15, -0.1) is 0 Å². The smallest absolute Gasteiger partial charge is 0.223 e. The Morgan fingerprint density at radius 1 is 1.05 bits per heavy atom. The van der Waals surface area contributed by atoms with Gasteiger partial charge in [-0.05, 0) is 31.4 Å². The molecule has 3 rings (SSSR count). The molecule has 0 radical (unpaired) electrons. The minimum atomic E-state index is 0.273. The lowest BCUT2D eigenvalue weighted by Crippen LogP contribution is -2.41. The number of rotatable bonds is 3. The molecule has 108 valence electrons. The van der Waals surface area contributed by atoms with E-state index in [2.05, 4.69) is 34.5 Å². The highest BCUT2D eigenvalue weighted by Crippen LogP contribution is 2.25. The lowest BCUT2D eigenvalue weighted by atomic mass is 9.88. The van der Waals surface area contributed by atoms with E-state index in [1.807, 2.05) is 6.07 Å². The number of anilines is 1. The highest BCUT2D eigenvalue weighted by atomic mass is 16.1. The molecule has 1 aliphatic carbocycles. The molecule has 0 aromatic heterocycles. The van der Waals surface area contributed by atoms with Crippen molar-refractivity contribution >= 4 is 11.6 Å². The third kappa shape index (κ3) is 3.14. The van der Waals surface area contributed by atoms with Crippen LogP contribution in [0.3, 0.4) is 0 Å². The summed E-state index contributed by atoms with van der Waals surface area (Å²) < 4.78 is 0. The van der Waals surface area contributed by atoms with Crippen molar-refractivity contribution in [3.8, 4) is 0 Å². The highest BCUT2D eigenvalue weighted by molar-refractivity contribution is 5.79. The molecule has 1 atom stereocenters. The molecule has 2 fully saturated rings. The fraction of sp³-hybridized carbons (Fsp3) is 0.588. The summed E-state index contributed by atoms with van der Waals surface area (Å²) in [7, 11) is 0. The van der Waals surface area contributed by atoms with E-state index in [0.29, 0.717) is 11.9 Å². The predicted molar refractivity (Wildman–Crippen MR) is 81.8 cm³/mol. The van der Waals surface area contributed by atoms with E-state index in [9.17, 15) is 4.79 Å². The van der Waals surface area contributed by atoms with Gasteiger partial charge in [-0.25, -0.2) is 0 Å². The van der Waals surface area contributed by atoms with Crippen LogP contribution < -0.4 is 10.2 Å². The van der Waals surface area contributed by atoms with Crippen molar-refractivity contribution in [2.45, 2.75) is 44.6 Å². The molecule has 1 aromatic carbocycles. The van der Waals surface area contributed by atoms with Crippen LogP contribution >= 0.6 is 0 Å². The van der Waals surface area contributed by atoms with Crippen molar-refractivity contribution in [2.24, 2.45) is 5.92 Å². The summed E-state index contributed by atoms with van der Waals surface area (Å²) >= 11 is 0. The number of carbonyl (C=O) groups is 1. The third-order valence-electron chi connectivity index (χ3n) is 4.63. The lowest BCUT2D eigenvalue weighted by Gasteiger charge is -2.23. The summed E-state index contributed by atoms with van der Waals surface area (Å²) in [6, 6.07) is 10.8. The van der Waals surface area contributed by atoms with Crippen LogP contribution in [0.15, 0.2) is 30.3 Å². The van der Waals surface area contributed by atoms with Crippen LogP contribution in [-0.2, 0) is 4.79 Å². The number of hydrogen-bond acceptors (Lipinski definition) is 2. The second kappa shape index (κ2) is 6.29. The lowest BCUT2D eigenvalue weighted by molar-refractivity contribution is -0.126. The molecule has 0 spiro atoms. The van der Waals surface area contributed by atoms with Gasteiger partial charge in [0.1, 0.15) is 0 Å². The molecule has 20 heavy (non-hydrogen) atoms. The first-order chi connectivity index (χ1) is 9.83. The standard InChI is InChI=1S/C17H24N2O/c20-17(14-7-3-1-4-8-14)18-15-11-12-19(13-15)16-9-5-2-6-10-16/h2,5-6,9-10,14-15H,1,3-4,7-8,11-13H2,(H,18,20). The highest BCUT2D eigenvalue weighted by Gasteiger charge is 2.27. The van der Waals surface area contributed by atoms with Crippen molar-refractivity contribution < 1.29 is 4.79 Å². The van der Waals surface area contributed by atoms with Gasteiger partial charge in [0.15, 0.2) is 0 Å². The Hall–Kier alpha value is -1.51. The molecule has 1 heterocycles. The number of nitrogens with zero attached hydrogens (tertiary/aromatic N) is 1. The Morgan fingerprint density at radius 2 is 1.80 bits per heavy atom. The van der Waals surface area contributed by atoms with Crippen LogP contribution in [0.1, 0.15) is 38.5 Å². The zero-order valence-corrected chi connectivity index (χ0v) is 12.1. The zero-order valence-electron chi connectivity index (χ0n) is 12.1. The quantitative estimate of drug-likeness (QED) is 0.917. The van der Waals surface area contributed by atoms with Crippen molar-refractivity contribution in [3.05, 3.63) is 30.3 Å². The first-order valence-electron chi connectivity index (χ1n) is 7.93. The minimum Gasteiger partial charge on any atom is -0.369 e. The van der Waals surface area contributed by atoms with E-state index < -0.39 is 0 Å². The van der Waals surface area contributed by atoms with Crippen molar-refractivity contribution in [1.82, 2.24) is 5.32 Å². The molecule has 1 N–H and O–H groups in total. The Balaban J connectivity index is 1.51. The maximum absolute atomic E-state index is 12.3. The molecule has 1 aromatic rings. The molecule has 3 nitrogen and oxygen atoms in total. The van der Waals surface area contributed by atoms with Gasteiger partial charge >= 0.3 is 0 Å². The minimum absolute atomic E-state index is 0.273. The number of carbonyl (C=O) groups excluding carboxylic acids is 1. The molecule has 1 aliphatic heterocycles. The summed E-state index contributed by atoms with van der Waals surface area (Å²) in [5, 5.41) is 3.27. The Bertz CT molecular complexity index is 440.